The van der Waals surface area contributed by atoms with Gasteiger partial charge in [0, 0.05) is 43.3 Å². The zero-order chi connectivity index (χ0) is 19.9. The molecule has 1 N–H and O–H groups in total. The van der Waals surface area contributed by atoms with Gasteiger partial charge in [-0.25, -0.2) is 0 Å². The summed E-state index contributed by atoms with van der Waals surface area (Å²) in [6.07, 6.45) is 2.75. The van der Waals surface area contributed by atoms with Gasteiger partial charge in [0.25, 0.3) is 0 Å². The summed E-state index contributed by atoms with van der Waals surface area (Å²) >= 11 is 0. The summed E-state index contributed by atoms with van der Waals surface area (Å²) in [5.41, 5.74) is 0.815. The number of benzene rings is 1. The molecule has 4 atom stereocenters. The van der Waals surface area contributed by atoms with E-state index in [9.17, 15) is 9.59 Å². The Morgan fingerprint density at radius 3 is 2.82 bits per heavy atom. The fourth-order valence-electron chi connectivity index (χ4n) is 5.03. The number of rotatable bonds is 4. The maximum absolute atomic E-state index is 12.5. The van der Waals surface area contributed by atoms with E-state index in [1.807, 2.05) is 23.1 Å². The van der Waals surface area contributed by atoms with Gasteiger partial charge in [0.2, 0.25) is 5.91 Å². The first kappa shape index (κ1) is 19.2. The molecule has 28 heavy (non-hydrogen) atoms. The van der Waals surface area contributed by atoms with Gasteiger partial charge in [0.15, 0.2) is 0 Å². The third-order valence-corrected chi connectivity index (χ3v) is 6.53. The molecule has 0 bridgehead atoms. The minimum atomic E-state index is -0.849. The number of ether oxygens (including phenoxy) is 2. The molecule has 0 aliphatic carbocycles. The maximum atomic E-state index is 12.5. The number of amides is 1. The van der Waals surface area contributed by atoms with E-state index in [1.165, 1.54) is 0 Å². The van der Waals surface area contributed by atoms with Crippen LogP contribution in [-0.4, -0.2) is 46.7 Å². The van der Waals surface area contributed by atoms with Crippen molar-refractivity contribution < 1.29 is 24.2 Å². The van der Waals surface area contributed by atoms with Gasteiger partial charge >= 0.3 is 5.97 Å². The Kier molecular flexibility index (Phi) is 5.08. The lowest BCUT2D eigenvalue weighted by atomic mass is 9.70. The average Bonchev–Trinajstić information content (AvgIpc) is 2.66. The lowest BCUT2D eigenvalue weighted by Crippen LogP contribution is -2.55. The van der Waals surface area contributed by atoms with E-state index < -0.39 is 5.97 Å². The normalized spacial score (nSPS) is 30.4. The van der Waals surface area contributed by atoms with Crippen molar-refractivity contribution in [1.82, 2.24) is 4.90 Å². The minimum Gasteiger partial charge on any atom is -0.487 e. The standard InChI is InChI=1S/C22H29NO5/c1-22(2)16-12-14-13-23(19(24)8-5-9-20(25)26)11-10-17(14)27-21(16)15-6-3-4-7-18(15)28-22/h3-4,6-7,14,16-17,21H,5,8-13H2,1-2H3,(H,25,26)/t14-,16-,17-,21+/m0/s1. The van der Waals surface area contributed by atoms with Gasteiger partial charge in [-0.05, 0) is 39.2 Å². The lowest BCUT2D eigenvalue weighted by Gasteiger charge is -2.53. The molecule has 1 aromatic carbocycles. The molecule has 6 nitrogen and oxygen atoms in total. The topological polar surface area (TPSA) is 76.1 Å². The Balaban J connectivity index is 1.45. The van der Waals surface area contributed by atoms with Crippen LogP contribution in [0.15, 0.2) is 24.3 Å². The van der Waals surface area contributed by atoms with Crippen LogP contribution >= 0.6 is 0 Å². The molecule has 152 valence electrons. The molecule has 0 spiro atoms. The van der Waals surface area contributed by atoms with E-state index in [1.54, 1.807) is 0 Å². The van der Waals surface area contributed by atoms with E-state index in [0.29, 0.717) is 31.8 Å². The highest BCUT2D eigenvalue weighted by Crippen LogP contribution is 2.52. The molecule has 0 radical (unpaired) electrons. The van der Waals surface area contributed by atoms with Crippen molar-refractivity contribution in [2.75, 3.05) is 13.1 Å². The smallest absolute Gasteiger partial charge is 0.303 e. The number of aliphatic carboxylic acids is 1. The third kappa shape index (κ3) is 3.62. The number of hydrogen-bond donors (Lipinski definition) is 1. The highest BCUT2D eigenvalue weighted by molar-refractivity contribution is 5.77. The second-order valence-corrected chi connectivity index (χ2v) is 8.82. The molecule has 0 saturated carbocycles. The molecule has 4 rings (SSSR count). The van der Waals surface area contributed by atoms with Gasteiger partial charge in [0.1, 0.15) is 11.4 Å². The molecule has 6 heteroatoms. The highest BCUT2D eigenvalue weighted by atomic mass is 16.5. The molecule has 2 saturated heterocycles. The first-order valence-corrected chi connectivity index (χ1v) is 10.3. The number of carbonyl (C=O) groups is 2. The Hall–Kier alpha value is -2.08. The number of piperidine rings is 1. The number of hydrogen-bond acceptors (Lipinski definition) is 4. The van der Waals surface area contributed by atoms with E-state index in [2.05, 4.69) is 19.9 Å². The molecule has 1 amide bonds. The van der Waals surface area contributed by atoms with Crippen LogP contribution in [-0.2, 0) is 14.3 Å². The van der Waals surface area contributed by atoms with Crippen molar-refractivity contribution in [3.05, 3.63) is 29.8 Å². The quantitative estimate of drug-likeness (QED) is 0.857. The number of carboxylic acids is 1. The summed E-state index contributed by atoms with van der Waals surface area (Å²) in [6, 6.07) is 8.14. The van der Waals surface area contributed by atoms with Crippen molar-refractivity contribution in [3.8, 4) is 5.75 Å². The van der Waals surface area contributed by atoms with Crippen LogP contribution in [0.4, 0.5) is 0 Å². The van der Waals surface area contributed by atoms with Gasteiger partial charge in [-0.15, -0.1) is 0 Å². The number of carbonyl (C=O) groups excluding carboxylic acids is 1. The number of likely N-dealkylation sites (tertiary alicyclic amines) is 1. The fraction of sp³-hybridized carbons (Fsp3) is 0.636. The minimum absolute atomic E-state index is 0.0408. The molecule has 3 aliphatic heterocycles. The van der Waals surface area contributed by atoms with Crippen LogP contribution in [0.1, 0.15) is 57.6 Å². The second kappa shape index (κ2) is 7.39. The van der Waals surface area contributed by atoms with E-state index in [4.69, 9.17) is 14.6 Å². The van der Waals surface area contributed by atoms with E-state index in [0.717, 1.165) is 24.2 Å². The Morgan fingerprint density at radius 1 is 1.25 bits per heavy atom. The number of carboxylic acid groups (broad SMARTS) is 1. The summed E-state index contributed by atoms with van der Waals surface area (Å²) in [7, 11) is 0. The Labute approximate surface area is 165 Å². The first-order chi connectivity index (χ1) is 13.3. The van der Waals surface area contributed by atoms with Crippen LogP contribution in [0.2, 0.25) is 0 Å². The summed E-state index contributed by atoms with van der Waals surface area (Å²) < 4.78 is 12.9. The van der Waals surface area contributed by atoms with Gasteiger partial charge in [-0.2, -0.15) is 0 Å². The molecule has 0 aromatic heterocycles. The zero-order valence-corrected chi connectivity index (χ0v) is 16.6. The Morgan fingerprint density at radius 2 is 2.04 bits per heavy atom. The van der Waals surface area contributed by atoms with Crippen LogP contribution < -0.4 is 4.74 Å². The first-order valence-electron chi connectivity index (χ1n) is 10.3. The number of nitrogens with zero attached hydrogens (tertiary/aromatic N) is 1. The third-order valence-electron chi connectivity index (χ3n) is 6.53. The van der Waals surface area contributed by atoms with Crippen LogP contribution in [0, 0.1) is 11.8 Å². The van der Waals surface area contributed by atoms with Gasteiger partial charge in [-0.1, -0.05) is 18.2 Å². The van der Waals surface area contributed by atoms with Crippen molar-refractivity contribution in [3.63, 3.8) is 0 Å². The number of para-hydroxylation sites is 1. The molecule has 3 aliphatic rings. The van der Waals surface area contributed by atoms with Crippen molar-refractivity contribution in [2.24, 2.45) is 11.8 Å². The van der Waals surface area contributed by atoms with Gasteiger partial charge in [-0.3, -0.25) is 9.59 Å². The summed E-state index contributed by atoms with van der Waals surface area (Å²) in [4.78, 5) is 25.1. The van der Waals surface area contributed by atoms with Crippen molar-refractivity contribution >= 4 is 11.9 Å². The van der Waals surface area contributed by atoms with Gasteiger partial charge < -0.3 is 19.5 Å². The number of fused-ring (bicyclic) bond motifs is 4. The zero-order valence-electron chi connectivity index (χ0n) is 16.6. The summed E-state index contributed by atoms with van der Waals surface area (Å²) in [5.74, 6) is 0.667. The average molecular weight is 387 g/mol. The monoisotopic (exact) mass is 387 g/mol. The van der Waals surface area contributed by atoms with Crippen LogP contribution in [0.25, 0.3) is 0 Å². The molecule has 1 aromatic rings. The second-order valence-electron chi connectivity index (χ2n) is 8.82. The molecular formula is C22H29NO5. The van der Waals surface area contributed by atoms with Crippen LogP contribution in [0.3, 0.4) is 0 Å². The van der Waals surface area contributed by atoms with Crippen molar-refractivity contribution in [1.29, 1.82) is 0 Å². The van der Waals surface area contributed by atoms with Crippen molar-refractivity contribution in [2.45, 2.75) is 63.8 Å². The predicted octanol–water partition coefficient (Wildman–Crippen LogP) is 3.41. The molecular weight excluding hydrogens is 358 g/mol. The van der Waals surface area contributed by atoms with E-state index in [-0.39, 0.29) is 36.1 Å². The predicted molar refractivity (Wildman–Crippen MR) is 103 cm³/mol. The fourth-order valence-corrected chi connectivity index (χ4v) is 5.03. The van der Waals surface area contributed by atoms with Crippen LogP contribution in [0.5, 0.6) is 5.75 Å². The summed E-state index contributed by atoms with van der Waals surface area (Å²) in [5, 5.41) is 8.77. The van der Waals surface area contributed by atoms with Gasteiger partial charge in [0.05, 0.1) is 12.2 Å². The molecule has 0 unspecified atom stereocenters. The highest BCUT2D eigenvalue weighted by Gasteiger charge is 2.51. The Bertz CT molecular complexity index is 761. The molecule has 3 heterocycles. The largest absolute Gasteiger partial charge is 0.487 e. The SMILES string of the molecule is CC1(C)Oc2ccccc2[C@H]2O[C@H]3CCN(C(=O)CCCC(=O)O)C[C@@H]3C[C@@H]21. The van der Waals surface area contributed by atoms with E-state index >= 15 is 0 Å². The lowest BCUT2D eigenvalue weighted by molar-refractivity contribution is -0.188. The summed E-state index contributed by atoms with van der Waals surface area (Å²) in [6.45, 7) is 5.63. The molecule has 2 fully saturated rings. The maximum Gasteiger partial charge on any atom is 0.303 e.